The average molecular weight is 414 g/mol. The molecule has 0 aliphatic carbocycles. The fraction of sp³-hybridized carbons (Fsp3) is 0.174. The summed E-state index contributed by atoms with van der Waals surface area (Å²) in [5.41, 5.74) is 2.51. The monoisotopic (exact) mass is 414 g/mol. The van der Waals surface area contributed by atoms with Gasteiger partial charge in [0.25, 0.3) is 0 Å². The number of rotatable bonds is 9. The third kappa shape index (κ3) is 6.35. The van der Waals surface area contributed by atoms with Gasteiger partial charge in [0, 0.05) is 6.54 Å². The molecule has 2 N–H and O–H groups in total. The summed E-state index contributed by atoms with van der Waals surface area (Å²) in [6, 6.07) is 21.4. The molecule has 4 nitrogen and oxygen atoms in total. The molecular weight excluding hydrogens is 393 g/mol. The molecule has 0 unspecified atom stereocenters. The summed E-state index contributed by atoms with van der Waals surface area (Å²) in [5.74, 6) is -0.488. The minimum Gasteiger partial charge on any atom is -0.435 e. The molecule has 0 saturated carbocycles. The Kier molecular flexibility index (Phi) is 7.45. The standard InChI is InChI=1S/C23H21F3N2O2/c24-19-10-6-16(7-11-19)14-27-21(29)15-28-22(17-4-2-1-3-5-17)18-8-12-20(13-9-18)30-23(25)26/h1-13,22-23,28H,14-15H2,(H,27,29)/t22-/m0/s1. The Balaban J connectivity index is 1.64. The van der Waals surface area contributed by atoms with Gasteiger partial charge >= 0.3 is 6.61 Å². The van der Waals surface area contributed by atoms with E-state index in [1.165, 1.54) is 24.3 Å². The molecule has 0 fully saturated rings. The molecule has 0 aromatic heterocycles. The number of carbonyl (C=O) groups is 1. The van der Waals surface area contributed by atoms with Gasteiger partial charge in [0.2, 0.25) is 5.91 Å². The van der Waals surface area contributed by atoms with Crippen molar-refractivity contribution >= 4 is 5.91 Å². The SMILES string of the molecule is O=C(CN[C@@H](c1ccccc1)c1ccc(OC(F)F)cc1)NCc1ccc(F)cc1. The third-order valence-corrected chi connectivity index (χ3v) is 4.44. The molecule has 1 amide bonds. The maximum Gasteiger partial charge on any atom is 0.387 e. The zero-order valence-electron chi connectivity index (χ0n) is 16.0. The Morgan fingerprint density at radius 1 is 0.867 bits per heavy atom. The van der Waals surface area contributed by atoms with E-state index >= 15 is 0 Å². The van der Waals surface area contributed by atoms with Crippen LogP contribution in [0.1, 0.15) is 22.7 Å². The molecule has 30 heavy (non-hydrogen) atoms. The molecule has 0 spiro atoms. The van der Waals surface area contributed by atoms with Gasteiger partial charge in [0.05, 0.1) is 12.6 Å². The van der Waals surface area contributed by atoms with E-state index in [4.69, 9.17) is 0 Å². The Bertz CT molecular complexity index is 933. The van der Waals surface area contributed by atoms with Gasteiger partial charge in [-0.2, -0.15) is 8.78 Å². The van der Waals surface area contributed by atoms with Gasteiger partial charge in [-0.15, -0.1) is 0 Å². The van der Waals surface area contributed by atoms with E-state index in [0.29, 0.717) is 0 Å². The molecule has 0 heterocycles. The van der Waals surface area contributed by atoms with Crippen LogP contribution in [-0.4, -0.2) is 19.1 Å². The van der Waals surface area contributed by atoms with Crippen molar-refractivity contribution in [3.05, 3.63) is 101 Å². The van der Waals surface area contributed by atoms with Crippen LogP contribution in [0.15, 0.2) is 78.9 Å². The highest BCUT2D eigenvalue weighted by atomic mass is 19.3. The predicted octanol–water partition coefficient (Wildman–Crippen LogP) is 4.42. The lowest BCUT2D eigenvalue weighted by Crippen LogP contribution is -2.35. The normalized spacial score (nSPS) is 11.9. The van der Waals surface area contributed by atoms with E-state index in [-0.39, 0.29) is 36.6 Å². The van der Waals surface area contributed by atoms with Gasteiger partial charge in [-0.3, -0.25) is 10.1 Å². The van der Waals surface area contributed by atoms with Crippen molar-refractivity contribution in [3.63, 3.8) is 0 Å². The van der Waals surface area contributed by atoms with Crippen molar-refractivity contribution in [1.29, 1.82) is 0 Å². The van der Waals surface area contributed by atoms with E-state index in [0.717, 1.165) is 16.7 Å². The van der Waals surface area contributed by atoms with Gasteiger partial charge < -0.3 is 10.1 Å². The van der Waals surface area contributed by atoms with Gasteiger partial charge in [0.15, 0.2) is 0 Å². The molecule has 0 aliphatic heterocycles. The Labute approximate surface area is 172 Å². The zero-order chi connectivity index (χ0) is 21.3. The third-order valence-electron chi connectivity index (χ3n) is 4.44. The van der Waals surface area contributed by atoms with E-state index in [1.807, 2.05) is 30.3 Å². The zero-order valence-corrected chi connectivity index (χ0v) is 16.0. The van der Waals surface area contributed by atoms with Crippen LogP contribution in [0.3, 0.4) is 0 Å². The summed E-state index contributed by atoms with van der Waals surface area (Å²) >= 11 is 0. The summed E-state index contributed by atoms with van der Waals surface area (Å²) in [7, 11) is 0. The largest absolute Gasteiger partial charge is 0.435 e. The lowest BCUT2D eigenvalue weighted by Gasteiger charge is -2.20. The number of ether oxygens (including phenoxy) is 1. The van der Waals surface area contributed by atoms with E-state index < -0.39 is 6.61 Å². The molecule has 3 aromatic carbocycles. The van der Waals surface area contributed by atoms with Crippen LogP contribution in [0.2, 0.25) is 0 Å². The maximum atomic E-state index is 13.0. The molecular formula is C23H21F3N2O2. The summed E-state index contributed by atoms with van der Waals surface area (Å²) in [6.45, 7) is -2.56. The quantitative estimate of drug-likeness (QED) is 0.545. The van der Waals surface area contributed by atoms with Crippen molar-refractivity contribution in [3.8, 4) is 5.75 Å². The smallest absolute Gasteiger partial charge is 0.387 e. The molecule has 0 aliphatic rings. The minimum absolute atomic E-state index is 0.0377. The first-order valence-electron chi connectivity index (χ1n) is 9.35. The summed E-state index contributed by atoms with van der Waals surface area (Å²) < 4.78 is 42.1. The second-order valence-corrected chi connectivity index (χ2v) is 6.58. The van der Waals surface area contributed by atoms with Crippen LogP contribution in [-0.2, 0) is 11.3 Å². The van der Waals surface area contributed by atoms with Crippen molar-refractivity contribution in [2.75, 3.05) is 6.54 Å². The minimum atomic E-state index is -2.89. The fourth-order valence-electron chi connectivity index (χ4n) is 2.98. The Hall–Kier alpha value is -3.32. The molecule has 0 bridgehead atoms. The number of hydrogen-bond donors (Lipinski definition) is 2. The lowest BCUT2D eigenvalue weighted by molar-refractivity contribution is -0.120. The number of benzene rings is 3. The second kappa shape index (κ2) is 10.5. The van der Waals surface area contributed by atoms with Crippen LogP contribution in [0, 0.1) is 5.82 Å². The average Bonchev–Trinajstić information content (AvgIpc) is 2.75. The summed E-state index contributed by atoms with van der Waals surface area (Å²) in [6.07, 6.45) is 0. The van der Waals surface area contributed by atoms with Gasteiger partial charge in [-0.1, -0.05) is 54.6 Å². The van der Waals surface area contributed by atoms with Crippen LogP contribution in [0.4, 0.5) is 13.2 Å². The van der Waals surface area contributed by atoms with Gasteiger partial charge in [-0.25, -0.2) is 4.39 Å². The first kappa shape index (κ1) is 21.4. The van der Waals surface area contributed by atoms with E-state index in [1.54, 1.807) is 24.3 Å². The van der Waals surface area contributed by atoms with Crippen LogP contribution >= 0.6 is 0 Å². The number of alkyl halides is 2. The van der Waals surface area contributed by atoms with Crippen LogP contribution in [0.5, 0.6) is 5.75 Å². The summed E-state index contributed by atoms with van der Waals surface area (Å²) in [4.78, 5) is 12.3. The highest BCUT2D eigenvalue weighted by Crippen LogP contribution is 2.24. The topological polar surface area (TPSA) is 50.4 Å². The number of halogens is 3. The first-order valence-corrected chi connectivity index (χ1v) is 9.35. The molecule has 0 saturated heterocycles. The number of hydrogen-bond acceptors (Lipinski definition) is 3. The van der Waals surface area contributed by atoms with Crippen LogP contribution in [0.25, 0.3) is 0 Å². The van der Waals surface area contributed by atoms with Gasteiger partial charge in [-0.05, 0) is 41.0 Å². The van der Waals surface area contributed by atoms with E-state index in [9.17, 15) is 18.0 Å². The van der Waals surface area contributed by atoms with Gasteiger partial charge in [0.1, 0.15) is 11.6 Å². The summed E-state index contributed by atoms with van der Waals surface area (Å²) in [5, 5.41) is 5.98. The molecule has 0 radical (unpaired) electrons. The molecule has 1 atom stereocenters. The maximum absolute atomic E-state index is 13.0. The molecule has 3 aromatic rings. The molecule has 156 valence electrons. The highest BCUT2D eigenvalue weighted by Gasteiger charge is 2.15. The van der Waals surface area contributed by atoms with Crippen molar-refractivity contribution < 1.29 is 22.7 Å². The number of amides is 1. The van der Waals surface area contributed by atoms with E-state index in [2.05, 4.69) is 15.4 Å². The highest BCUT2D eigenvalue weighted by molar-refractivity contribution is 5.78. The molecule has 7 heteroatoms. The van der Waals surface area contributed by atoms with Crippen molar-refractivity contribution in [1.82, 2.24) is 10.6 Å². The second-order valence-electron chi connectivity index (χ2n) is 6.58. The van der Waals surface area contributed by atoms with Crippen LogP contribution < -0.4 is 15.4 Å². The predicted molar refractivity (Wildman–Crippen MR) is 108 cm³/mol. The lowest BCUT2D eigenvalue weighted by atomic mass is 9.98. The first-order chi connectivity index (χ1) is 14.5. The number of carbonyl (C=O) groups excluding carboxylic acids is 1. The Morgan fingerprint density at radius 2 is 1.50 bits per heavy atom. The van der Waals surface area contributed by atoms with Crippen molar-refractivity contribution in [2.24, 2.45) is 0 Å². The fourth-order valence-corrected chi connectivity index (χ4v) is 2.98. The molecule has 3 rings (SSSR count). The Morgan fingerprint density at radius 3 is 2.13 bits per heavy atom. The number of nitrogens with one attached hydrogen (secondary N) is 2. The van der Waals surface area contributed by atoms with Crippen molar-refractivity contribution in [2.45, 2.75) is 19.2 Å².